The fourth-order valence-electron chi connectivity index (χ4n) is 2.23. The van der Waals surface area contributed by atoms with Crippen LogP contribution in [0.1, 0.15) is 22.7 Å². The van der Waals surface area contributed by atoms with Crippen molar-refractivity contribution in [1.82, 2.24) is 5.32 Å². The number of hydrogen-bond acceptors (Lipinski definition) is 1. The molecular weight excluding hydrogens is 432 g/mol. The van der Waals surface area contributed by atoms with Crippen molar-refractivity contribution in [2.75, 3.05) is 7.05 Å². The Morgan fingerprint density at radius 3 is 2.70 bits per heavy atom. The van der Waals surface area contributed by atoms with Gasteiger partial charge >= 0.3 is 0 Å². The molecule has 0 spiro atoms. The molecule has 0 aromatic heterocycles. The van der Waals surface area contributed by atoms with E-state index in [4.69, 9.17) is 0 Å². The quantitative estimate of drug-likeness (QED) is 0.650. The molecule has 106 valence electrons. The van der Waals surface area contributed by atoms with Crippen LogP contribution in [-0.4, -0.2) is 7.05 Å². The third-order valence-corrected chi connectivity index (χ3v) is 4.81. The van der Waals surface area contributed by atoms with Crippen LogP contribution in [-0.2, 0) is 6.42 Å². The zero-order chi connectivity index (χ0) is 14.7. The van der Waals surface area contributed by atoms with Crippen molar-refractivity contribution in [2.24, 2.45) is 0 Å². The Bertz CT molecular complexity index is 615. The third-order valence-electron chi connectivity index (χ3n) is 3.42. The Kier molecular flexibility index (Phi) is 5.57. The average molecular weight is 448 g/mol. The summed E-state index contributed by atoms with van der Waals surface area (Å²) in [6.07, 6.45) is 0.763. The van der Waals surface area contributed by atoms with Crippen LogP contribution in [0.2, 0.25) is 0 Å². The third kappa shape index (κ3) is 3.80. The highest BCUT2D eigenvalue weighted by atomic mass is 127. The molecule has 0 bridgehead atoms. The molecule has 1 atom stereocenters. The molecule has 1 nitrogen and oxygen atoms in total. The van der Waals surface area contributed by atoms with E-state index in [1.165, 1.54) is 15.2 Å². The largest absolute Gasteiger partial charge is 0.313 e. The van der Waals surface area contributed by atoms with Crippen molar-refractivity contribution in [2.45, 2.75) is 19.4 Å². The topological polar surface area (TPSA) is 12.0 Å². The number of nitrogens with one attached hydrogen (secondary N) is 1. The van der Waals surface area contributed by atoms with Gasteiger partial charge in [0.25, 0.3) is 0 Å². The molecule has 0 heterocycles. The van der Waals surface area contributed by atoms with Crippen molar-refractivity contribution >= 4 is 38.5 Å². The van der Waals surface area contributed by atoms with Crippen molar-refractivity contribution in [3.8, 4) is 0 Å². The number of benzene rings is 2. The second kappa shape index (κ2) is 7.00. The number of likely N-dealkylation sites (N-methyl/N-ethyl adjacent to an activating group) is 1. The fourth-order valence-corrected chi connectivity index (χ4v) is 3.27. The van der Waals surface area contributed by atoms with Crippen LogP contribution in [0.15, 0.2) is 40.9 Å². The van der Waals surface area contributed by atoms with Crippen molar-refractivity contribution < 1.29 is 4.39 Å². The molecule has 2 aromatic carbocycles. The smallest absolute Gasteiger partial charge is 0.123 e. The lowest BCUT2D eigenvalue weighted by atomic mass is 9.96. The second-order valence-corrected chi connectivity index (χ2v) is 6.88. The molecule has 1 unspecified atom stereocenters. The predicted octanol–water partition coefficient (Wildman–Crippen LogP) is 5.00. The molecule has 1 N–H and O–H groups in total. The zero-order valence-electron chi connectivity index (χ0n) is 11.4. The van der Waals surface area contributed by atoms with E-state index >= 15 is 0 Å². The molecule has 0 aliphatic carbocycles. The maximum atomic E-state index is 13.4. The lowest BCUT2D eigenvalue weighted by Crippen LogP contribution is -2.20. The summed E-state index contributed by atoms with van der Waals surface area (Å²) in [6.45, 7) is 2.02. The first-order valence-corrected chi connectivity index (χ1v) is 8.25. The number of aryl methyl sites for hydroxylation is 1. The summed E-state index contributed by atoms with van der Waals surface area (Å²) >= 11 is 5.91. The molecule has 4 heteroatoms. The van der Waals surface area contributed by atoms with Gasteiger partial charge in [-0.2, -0.15) is 0 Å². The SMILES string of the molecule is CNC(Cc1cc(F)ccc1C)c1cc(I)ccc1Br. The van der Waals surface area contributed by atoms with E-state index in [0.29, 0.717) is 0 Å². The van der Waals surface area contributed by atoms with E-state index in [9.17, 15) is 4.39 Å². The van der Waals surface area contributed by atoms with E-state index in [0.717, 1.165) is 22.0 Å². The maximum Gasteiger partial charge on any atom is 0.123 e. The molecule has 0 aliphatic rings. The Balaban J connectivity index is 2.33. The van der Waals surface area contributed by atoms with Crippen LogP contribution >= 0.6 is 38.5 Å². The van der Waals surface area contributed by atoms with Gasteiger partial charge < -0.3 is 5.32 Å². The van der Waals surface area contributed by atoms with E-state index in [1.54, 1.807) is 6.07 Å². The summed E-state index contributed by atoms with van der Waals surface area (Å²) in [5, 5.41) is 3.33. The van der Waals surface area contributed by atoms with E-state index in [1.807, 2.05) is 20.0 Å². The summed E-state index contributed by atoms with van der Waals surface area (Å²) in [7, 11) is 1.94. The van der Waals surface area contributed by atoms with Gasteiger partial charge in [0.2, 0.25) is 0 Å². The normalized spacial score (nSPS) is 12.4. The molecule has 0 fully saturated rings. The average Bonchev–Trinajstić information content (AvgIpc) is 2.42. The van der Waals surface area contributed by atoms with E-state index in [2.05, 4.69) is 62.0 Å². The molecule has 2 aromatic rings. The Morgan fingerprint density at radius 1 is 1.25 bits per heavy atom. The minimum Gasteiger partial charge on any atom is -0.313 e. The first-order valence-electron chi connectivity index (χ1n) is 6.38. The zero-order valence-corrected chi connectivity index (χ0v) is 15.1. The number of rotatable bonds is 4. The molecular formula is C16H16BrFIN. The van der Waals surface area contributed by atoms with Crippen LogP contribution in [0.25, 0.3) is 0 Å². The van der Waals surface area contributed by atoms with Crippen LogP contribution in [0.5, 0.6) is 0 Å². The highest BCUT2D eigenvalue weighted by molar-refractivity contribution is 14.1. The van der Waals surface area contributed by atoms with E-state index in [-0.39, 0.29) is 11.9 Å². The van der Waals surface area contributed by atoms with Crippen LogP contribution in [0.4, 0.5) is 4.39 Å². The van der Waals surface area contributed by atoms with Gasteiger partial charge in [-0.05, 0) is 90.0 Å². The van der Waals surface area contributed by atoms with Crippen LogP contribution < -0.4 is 5.32 Å². The van der Waals surface area contributed by atoms with Gasteiger partial charge in [0.05, 0.1) is 0 Å². The van der Waals surface area contributed by atoms with Gasteiger partial charge in [-0.1, -0.05) is 22.0 Å². The molecule has 0 saturated carbocycles. The minimum atomic E-state index is -0.179. The van der Waals surface area contributed by atoms with Gasteiger partial charge in [0.15, 0.2) is 0 Å². The number of halogens is 3. The molecule has 2 rings (SSSR count). The van der Waals surface area contributed by atoms with Gasteiger partial charge in [-0.3, -0.25) is 0 Å². The highest BCUT2D eigenvalue weighted by Crippen LogP contribution is 2.28. The summed E-state index contributed by atoms with van der Waals surface area (Å²) in [5.74, 6) is -0.179. The van der Waals surface area contributed by atoms with Crippen molar-refractivity contribution in [3.63, 3.8) is 0 Å². The summed E-state index contributed by atoms with van der Waals surface area (Å²) in [5.41, 5.74) is 3.35. The highest BCUT2D eigenvalue weighted by Gasteiger charge is 2.15. The summed E-state index contributed by atoms with van der Waals surface area (Å²) in [6, 6.07) is 11.4. The van der Waals surface area contributed by atoms with Crippen LogP contribution in [0, 0.1) is 16.3 Å². The first kappa shape index (κ1) is 15.9. The molecule has 0 aliphatic heterocycles. The van der Waals surface area contributed by atoms with Crippen molar-refractivity contribution in [1.29, 1.82) is 0 Å². The van der Waals surface area contributed by atoms with Gasteiger partial charge in [0, 0.05) is 14.1 Å². The predicted molar refractivity (Wildman–Crippen MR) is 93.5 cm³/mol. The lowest BCUT2D eigenvalue weighted by Gasteiger charge is -2.20. The lowest BCUT2D eigenvalue weighted by molar-refractivity contribution is 0.580. The Labute approximate surface area is 141 Å². The van der Waals surface area contributed by atoms with Gasteiger partial charge in [0.1, 0.15) is 5.82 Å². The fraction of sp³-hybridized carbons (Fsp3) is 0.250. The maximum absolute atomic E-state index is 13.4. The second-order valence-electron chi connectivity index (χ2n) is 4.78. The Hall–Kier alpha value is -0.460. The standard InChI is InChI=1S/C16H16BrFIN/c1-10-3-4-12(18)7-11(10)8-16(20-2)14-9-13(19)5-6-15(14)17/h3-7,9,16,20H,8H2,1-2H3. The first-order chi connectivity index (χ1) is 9.51. The monoisotopic (exact) mass is 447 g/mol. The van der Waals surface area contributed by atoms with E-state index < -0.39 is 0 Å². The minimum absolute atomic E-state index is 0.152. The molecule has 0 saturated heterocycles. The molecule has 0 amide bonds. The molecule has 20 heavy (non-hydrogen) atoms. The number of hydrogen-bond donors (Lipinski definition) is 1. The van der Waals surface area contributed by atoms with Crippen molar-refractivity contribution in [3.05, 3.63) is 66.9 Å². The molecule has 0 radical (unpaired) electrons. The van der Waals surface area contributed by atoms with Gasteiger partial charge in [-0.25, -0.2) is 4.39 Å². The summed E-state index contributed by atoms with van der Waals surface area (Å²) in [4.78, 5) is 0. The van der Waals surface area contributed by atoms with Crippen LogP contribution in [0.3, 0.4) is 0 Å². The van der Waals surface area contributed by atoms with Gasteiger partial charge in [-0.15, -0.1) is 0 Å². The summed E-state index contributed by atoms with van der Waals surface area (Å²) < 4.78 is 15.7. The Morgan fingerprint density at radius 2 is 2.00 bits per heavy atom.